The van der Waals surface area contributed by atoms with Crippen molar-refractivity contribution in [2.75, 3.05) is 19.0 Å². The summed E-state index contributed by atoms with van der Waals surface area (Å²) in [6.45, 7) is 2.20. The number of carbonyl (C=O) groups excluding carboxylic acids is 1. The fourth-order valence-corrected chi connectivity index (χ4v) is 2.53. The molecule has 2 rings (SSSR count). The molecular weight excluding hydrogens is 384 g/mol. The molecule has 0 aliphatic heterocycles. The van der Waals surface area contributed by atoms with Crippen molar-refractivity contribution in [3.8, 4) is 17.6 Å². The molecule has 0 bridgehead atoms. The van der Waals surface area contributed by atoms with Crippen molar-refractivity contribution < 1.29 is 24.2 Å². The van der Waals surface area contributed by atoms with Gasteiger partial charge in [0, 0.05) is 11.8 Å². The van der Waals surface area contributed by atoms with Gasteiger partial charge in [-0.25, -0.2) is 4.79 Å². The van der Waals surface area contributed by atoms with Crippen LogP contribution in [0.25, 0.3) is 6.08 Å². The molecule has 0 aliphatic rings. The summed E-state index contributed by atoms with van der Waals surface area (Å²) >= 11 is 6.22. The normalized spacial score (nSPS) is 10.7. The number of anilines is 1. The lowest BCUT2D eigenvalue weighted by Crippen LogP contribution is -2.14. The zero-order valence-electron chi connectivity index (χ0n) is 15.2. The number of carboxylic acids is 1. The highest BCUT2D eigenvalue weighted by Gasteiger charge is 2.14. The number of halogens is 1. The standard InChI is InChI=1S/C20H17ClN2O5/c1-3-28-18-9-13(16(21)10-17(18)27-2)7-14(11-22)19(24)23-15-6-4-5-12(8-15)20(25)26/h4-10H,3H2,1-2H3,(H,23,24)(H,25,26). The van der Waals surface area contributed by atoms with Gasteiger partial charge in [0.2, 0.25) is 0 Å². The van der Waals surface area contributed by atoms with Crippen LogP contribution >= 0.6 is 11.6 Å². The molecule has 0 radical (unpaired) electrons. The molecule has 0 spiro atoms. The Hall–Kier alpha value is -3.50. The van der Waals surface area contributed by atoms with E-state index in [1.165, 1.54) is 43.5 Å². The highest BCUT2D eigenvalue weighted by molar-refractivity contribution is 6.32. The van der Waals surface area contributed by atoms with Crippen LogP contribution in [0.15, 0.2) is 42.0 Å². The number of carbonyl (C=O) groups is 2. The lowest BCUT2D eigenvalue weighted by molar-refractivity contribution is -0.112. The van der Waals surface area contributed by atoms with Gasteiger partial charge >= 0.3 is 5.97 Å². The minimum Gasteiger partial charge on any atom is -0.493 e. The second kappa shape index (κ2) is 9.44. The molecule has 0 saturated heterocycles. The predicted octanol–water partition coefficient (Wildman–Crippen LogP) is 3.99. The average Bonchev–Trinajstić information content (AvgIpc) is 2.68. The summed E-state index contributed by atoms with van der Waals surface area (Å²) in [4.78, 5) is 23.5. The summed E-state index contributed by atoms with van der Waals surface area (Å²) in [6, 6.07) is 10.6. The van der Waals surface area contributed by atoms with E-state index in [4.69, 9.17) is 26.2 Å². The number of nitrogens with one attached hydrogen (secondary N) is 1. The molecule has 0 aromatic heterocycles. The second-order valence-electron chi connectivity index (χ2n) is 5.47. The molecule has 1 amide bonds. The fraction of sp³-hybridized carbons (Fsp3) is 0.150. The van der Waals surface area contributed by atoms with Crippen LogP contribution in [0.1, 0.15) is 22.8 Å². The topological polar surface area (TPSA) is 109 Å². The zero-order valence-corrected chi connectivity index (χ0v) is 15.9. The molecule has 2 N–H and O–H groups in total. The summed E-state index contributed by atoms with van der Waals surface area (Å²) in [5, 5.41) is 21.2. The van der Waals surface area contributed by atoms with E-state index in [0.717, 1.165) is 0 Å². The van der Waals surface area contributed by atoms with Crippen molar-refractivity contribution in [2.45, 2.75) is 6.92 Å². The van der Waals surface area contributed by atoms with Crippen molar-refractivity contribution in [1.82, 2.24) is 0 Å². The number of benzene rings is 2. The number of methoxy groups -OCH3 is 1. The molecular formula is C20H17ClN2O5. The van der Waals surface area contributed by atoms with Gasteiger partial charge in [-0.2, -0.15) is 5.26 Å². The largest absolute Gasteiger partial charge is 0.493 e. The van der Waals surface area contributed by atoms with Crippen molar-refractivity contribution in [1.29, 1.82) is 5.26 Å². The summed E-state index contributed by atoms with van der Waals surface area (Å²) < 4.78 is 10.7. The maximum atomic E-state index is 12.4. The van der Waals surface area contributed by atoms with E-state index in [2.05, 4.69) is 5.32 Å². The molecule has 0 atom stereocenters. The number of aromatic carboxylic acids is 1. The van der Waals surface area contributed by atoms with Crippen molar-refractivity contribution in [3.05, 3.63) is 58.1 Å². The SMILES string of the molecule is CCOc1cc(C=C(C#N)C(=O)Nc2cccc(C(=O)O)c2)c(Cl)cc1OC. The monoisotopic (exact) mass is 400 g/mol. The summed E-state index contributed by atoms with van der Waals surface area (Å²) in [5.74, 6) is -0.972. The van der Waals surface area contributed by atoms with Gasteiger partial charge in [0.15, 0.2) is 11.5 Å². The van der Waals surface area contributed by atoms with E-state index in [0.29, 0.717) is 23.7 Å². The number of hydrogen-bond donors (Lipinski definition) is 2. The molecule has 2 aromatic carbocycles. The van der Waals surface area contributed by atoms with Crippen molar-refractivity contribution in [2.24, 2.45) is 0 Å². The van der Waals surface area contributed by atoms with Gasteiger partial charge in [0.1, 0.15) is 11.6 Å². The number of carboxylic acid groups (broad SMARTS) is 1. The smallest absolute Gasteiger partial charge is 0.335 e. The molecule has 144 valence electrons. The summed E-state index contributed by atoms with van der Waals surface area (Å²) in [6.07, 6.45) is 1.32. The Balaban J connectivity index is 2.34. The first kappa shape index (κ1) is 20.8. The third-order valence-corrected chi connectivity index (χ3v) is 3.94. The molecule has 8 heteroatoms. The third-order valence-electron chi connectivity index (χ3n) is 3.62. The van der Waals surface area contributed by atoms with Gasteiger partial charge < -0.3 is 19.9 Å². The predicted molar refractivity (Wildman–Crippen MR) is 105 cm³/mol. The van der Waals surface area contributed by atoms with Crippen LogP contribution in [0.2, 0.25) is 5.02 Å². The van der Waals surface area contributed by atoms with Gasteiger partial charge in [-0.1, -0.05) is 17.7 Å². The number of nitrogens with zero attached hydrogens (tertiary/aromatic N) is 1. The maximum absolute atomic E-state index is 12.4. The van der Waals surface area contributed by atoms with E-state index in [-0.39, 0.29) is 21.8 Å². The van der Waals surface area contributed by atoms with Crippen LogP contribution in [0.3, 0.4) is 0 Å². The third kappa shape index (κ3) is 5.02. The Labute approximate surface area is 166 Å². The number of nitriles is 1. The molecule has 2 aromatic rings. The van der Waals surface area contributed by atoms with Crippen LogP contribution in [0, 0.1) is 11.3 Å². The zero-order chi connectivity index (χ0) is 20.7. The molecule has 7 nitrogen and oxygen atoms in total. The minimum absolute atomic E-state index is 0.0137. The Bertz CT molecular complexity index is 979. The number of rotatable bonds is 7. The number of hydrogen-bond acceptors (Lipinski definition) is 5. The van der Waals surface area contributed by atoms with Gasteiger partial charge in [0.05, 0.1) is 24.3 Å². The van der Waals surface area contributed by atoms with E-state index in [1.807, 2.05) is 13.0 Å². The van der Waals surface area contributed by atoms with Crippen LogP contribution in [0.5, 0.6) is 11.5 Å². The van der Waals surface area contributed by atoms with Crippen molar-refractivity contribution >= 4 is 35.2 Å². The van der Waals surface area contributed by atoms with E-state index in [9.17, 15) is 14.9 Å². The summed E-state index contributed by atoms with van der Waals surface area (Å²) in [5.41, 5.74) is 0.453. The molecule has 28 heavy (non-hydrogen) atoms. The fourth-order valence-electron chi connectivity index (χ4n) is 2.32. The van der Waals surface area contributed by atoms with Crippen LogP contribution in [-0.4, -0.2) is 30.7 Å². The molecule has 0 heterocycles. The Morgan fingerprint density at radius 2 is 2.04 bits per heavy atom. The van der Waals surface area contributed by atoms with E-state index in [1.54, 1.807) is 6.07 Å². The van der Waals surface area contributed by atoms with Crippen LogP contribution < -0.4 is 14.8 Å². The molecule has 0 aliphatic carbocycles. The van der Waals surface area contributed by atoms with Gasteiger partial charge in [-0.05, 0) is 42.8 Å². The highest BCUT2D eigenvalue weighted by Crippen LogP contribution is 2.34. The van der Waals surface area contributed by atoms with E-state index < -0.39 is 11.9 Å². The van der Waals surface area contributed by atoms with E-state index >= 15 is 0 Å². The van der Waals surface area contributed by atoms with Crippen molar-refractivity contribution in [3.63, 3.8) is 0 Å². The number of amides is 1. The Morgan fingerprint density at radius 1 is 1.29 bits per heavy atom. The van der Waals surface area contributed by atoms with Gasteiger partial charge in [0.25, 0.3) is 5.91 Å². The van der Waals surface area contributed by atoms with Crippen LogP contribution in [0.4, 0.5) is 5.69 Å². The molecule has 0 saturated carbocycles. The minimum atomic E-state index is -1.12. The van der Waals surface area contributed by atoms with Gasteiger partial charge in [-0.15, -0.1) is 0 Å². The highest BCUT2D eigenvalue weighted by atomic mass is 35.5. The number of ether oxygens (including phenoxy) is 2. The molecule has 0 unspecified atom stereocenters. The first-order valence-electron chi connectivity index (χ1n) is 8.16. The second-order valence-corrected chi connectivity index (χ2v) is 5.87. The lowest BCUT2D eigenvalue weighted by atomic mass is 10.1. The Morgan fingerprint density at radius 3 is 2.64 bits per heavy atom. The lowest BCUT2D eigenvalue weighted by Gasteiger charge is -2.11. The van der Waals surface area contributed by atoms with Gasteiger partial charge in [-0.3, -0.25) is 4.79 Å². The Kier molecular flexibility index (Phi) is 7.02. The first-order valence-corrected chi connectivity index (χ1v) is 8.54. The molecule has 0 fully saturated rings. The quantitative estimate of drug-likeness (QED) is 0.537. The first-order chi connectivity index (χ1) is 13.4. The maximum Gasteiger partial charge on any atom is 0.335 e. The average molecular weight is 401 g/mol. The summed E-state index contributed by atoms with van der Waals surface area (Å²) in [7, 11) is 1.48. The van der Waals surface area contributed by atoms with Crippen LogP contribution in [-0.2, 0) is 4.79 Å².